The molecule has 3 rings (SSSR count). The summed E-state index contributed by atoms with van der Waals surface area (Å²) in [6.45, 7) is 8.44. The maximum absolute atomic E-state index is 6.13. The van der Waals surface area contributed by atoms with Crippen molar-refractivity contribution in [2.75, 3.05) is 26.3 Å². The molecule has 24 heavy (non-hydrogen) atoms. The molecule has 134 valence electrons. The lowest BCUT2D eigenvalue weighted by molar-refractivity contribution is 0.0518. The number of morpholine rings is 1. The van der Waals surface area contributed by atoms with Crippen LogP contribution >= 0.6 is 11.6 Å². The van der Waals surface area contributed by atoms with Crippen molar-refractivity contribution in [1.29, 1.82) is 0 Å². The van der Waals surface area contributed by atoms with Crippen molar-refractivity contribution < 1.29 is 4.74 Å². The first-order valence-electron chi connectivity index (χ1n) is 9.32. The van der Waals surface area contributed by atoms with E-state index in [0.717, 1.165) is 37.7 Å². The van der Waals surface area contributed by atoms with E-state index in [1.165, 1.54) is 24.8 Å². The molecule has 0 spiro atoms. The molecule has 1 aliphatic carbocycles. The molecule has 2 aliphatic rings. The van der Waals surface area contributed by atoms with Gasteiger partial charge >= 0.3 is 0 Å². The van der Waals surface area contributed by atoms with Gasteiger partial charge in [0, 0.05) is 30.2 Å². The molecule has 1 aliphatic heterocycles. The van der Waals surface area contributed by atoms with Crippen molar-refractivity contribution in [3.05, 3.63) is 34.9 Å². The first kappa shape index (κ1) is 18.2. The van der Waals surface area contributed by atoms with Crippen LogP contribution < -0.4 is 10.6 Å². The van der Waals surface area contributed by atoms with Crippen LogP contribution in [0.4, 0.5) is 0 Å². The van der Waals surface area contributed by atoms with Crippen LogP contribution in [0.3, 0.4) is 0 Å². The van der Waals surface area contributed by atoms with E-state index in [1.807, 2.05) is 12.1 Å². The highest BCUT2D eigenvalue weighted by Crippen LogP contribution is 2.31. The standard InChI is InChI=1S/C20H31ClN2O/c1-20(2,12-15-5-3-6-16(21)11-15)14-23-18-8-4-7-17(18)19-13-24-10-9-22-19/h3,5-6,11,17-19,22-23H,4,7-10,12-14H2,1-2H3. The number of ether oxygens (including phenoxy) is 1. The highest BCUT2D eigenvalue weighted by Gasteiger charge is 2.35. The van der Waals surface area contributed by atoms with Crippen molar-refractivity contribution in [2.24, 2.45) is 11.3 Å². The first-order chi connectivity index (χ1) is 11.5. The van der Waals surface area contributed by atoms with Crippen LogP contribution in [-0.4, -0.2) is 38.4 Å². The average molecular weight is 351 g/mol. The summed E-state index contributed by atoms with van der Waals surface area (Å²) in [5.41, 5.74) is 1.54. The molecule has 1 aromatic rings. The predicted octanol–water partition coefficient (Wildman–Crippen LogP) is 3.66. The van der Waals surface area contributed by atoms with E-state index in [0.29, 0.717) is 18.0 Å². The number of benzene rings is 1. The predicted molar refractivity (Wildman–Crippen MR) is 101 cm³/mol. The molecular weight excluding hydrogens is 320 g/mol. The second-order valence-electron chi connectivity index (χ2n) is 8.19. The van der Waals surface area contributed by atoms with Gasteiger partial charge in [-0.1, -0.05) is 44.0 Å². The Balaban J connectivity index is 1.53. The van der Waals surface area contributed by atoms with Gasteiger partial charge in [-0.05, 0) is 48.3 Å². The molecule has 3 nitrogen and oxygen atoms in total. The minimum absolute atomic E-state index is 0.217. The Morgan fingerprint density at radius 2 is 2.21 bits per heavy atom. The summed E-state index contributed by atoms with van der Waals surface area (Å²) in [4.78, 5) is 0. The minimum Gasteiger partial charge on any atom is -0.379 e. The molecule has 3 unspecified atom stereocenters. The van der Waals surface area contributed by atoms with Crippen LogP contribution in [0.5, 0.6) is 0 Å². The van der Waals surface area contributed by atoms with Crippen molar-refractivity contribution >= 4 is 11.6 Å². The van der Waals surface area contributed by atoms with Gasteiger partial charge in [0.2, 0.25) is 0 Å². The monoisotopic (exact) mass is 350 g/mol. The summed E-state index contributed by atoms with van der Waals surface area (Å²) in [6.07, 6.45) is 4.97. The Kier molecular flexibility index (Phi) is 6.20. The average Bonchev–Trinajstić information content (AvgIpc) is 3.02. The van der Waals surface area contributed by atoms with E-state index >= 15 is 0 Å². The zero-order valence-corrected chi connectivity index (χ0v) is 15.7. The van der Waals surface area contributed by atoms with E-state index in [2.05, 4.69) is 36.6 Å². The summed E-state index contributed by atoms with van der Waals surface area (Å²) < 4.78 is 5.68. The molecule has 3 atom stereocenters. The minimum atomic E-state index is 0.217. The van der Waals surface area contributed by atoms with Crippen LogP contribution in [0.15, 0.2) is 24.3 Å². The fraction of sp³-hybridized carbons (Fsp3) is 0.700. The number of halogens is 1. The summed E-state index contributed by atoms with van der Waals surface area (Å²) in [5, 5.41) is 8.36. The zero-order chi connectivity index (χ0) is 17.0. The van der Waals surface area contributed by atoms with E-state index < -0.39 is 0 Å². The Morgan fingerprint density at radius 3 is 2.96 bits per heavy atom. The van der Waals surface area contributed by atoms with Crippen LogP contribution in [0.25, 0.3) is 0 Å². The van der Waals surface area contributed by atoms with Gasteiger partial charge in [-0.25, -0.2) is 0 Å². The maximum atomic E-state index is 6.13. The van der Waals surface area contributed by atoms with Crippen LogP contribution in [0.1, 0.15) is 38.7 Å². The molecule has 0 bridgehead atoms. The molecule has 0 aromatic heterocycles. The summed E-state index contributed by atoms with van der Waals surface area (Å²) in [5.74, 6) is 0.701. The number of hydrogen-bond donors (Lipinski definition) is 2. The normalized spacial score (nSPS) is 28.2. The third-order valence-electron chi connectivity index (χ3n) is 5.45. The number of nitrogens with one attached hydrogen (secondary N) is 2. The second kappa shape index (κ2) is 8.18. The number of rotatable bonds is 6. The van der Waals surface area contributed by atoms with Gasteiger partial charge in [0.05, 0.1) is 13.2 Å². The molecule has 2 N–H and O–H groups in total. The van der Waals surface area contributed by atoms with E-state index in [1.54, 1.807) is 0 Å². The van der Waals surface area contributed by atoms with Crippen molar-refractivity contribution in [3.8, 4) is 0 Å². The van der Waals surface area contributed by atoms with Gasteiger partial charge in [0.1, 0.15) is 0 Å². The number of hydrogen-bond acceptors (Lipinski definition) is 3. The third kappa shape index (κ3) is 4.95. The lowest BCUT2D eigenvalue weighted by atomic mass is 9.84. The molecule has 4 heteroatoms. The topological polar surface area (TPSA) is 33.3 Å². The lowest BCUT2D eigenvalue weighted by Crippen LogP contribution is -2.51. The second-order valence-corrected chi connectivity index (χ2v) is 8.63. The van der Waals surface area contributed by atoms with E-state index in [9.17, 15) is 0 Å². The van der Waals surface area contributed by atoms with Crippen LogP contribution in [-0.2, 0) is 11.2 Å². The first-order valence-corrected chi connectivity index (χ1v) is 9.70. The van der Waals surface area contributed by atoms with Crippen molar-refractivity contribution in [3.63, 3.8) is 0 Å². The fourth-order valence-electron chi connectivity index (χ4n) is 4.25. The Morgan fingerprint density at radius 1 is 1.33 bits per heavy atom. The maximum Gasteiger partial charge on any atom is 0.0623 e. The van der Waals surface area contributed by atoms with Gasteiger partial charge in [-0.2, -0.15) is 0 Å². The Labute approximate surface area is 151 Å². The van der Waals surface area contributed by atoms with Gasteiger partial charge < -0.3 is 15.4 Å². The van der Waals surface area contributed by atoms with Gasteiger partial charge in [-0.15, -0.1) is 0 Å². The quantitative estimate of drug-likeness (QED) is 0.821. The summed E-state index contributed by atoms with van der Waals surface area (Å²) in [6, 6.07) is 9.39. The molecule has 1 heterocycles. The SMILES string of the molecule is CC(C)(CNC1CCCC1C1COCCN1)Cc1cccc(Cl)c1. The van der Waals surface area contributed by atoms with Crippen LogP contribution in [0, 0.1) is 11.3 Å². The third-order valence-corrected chi connectivity index (χ3v) is 5.69. The van der Waals surface area contributed by atoms with Crippen LogP contribution in [0.2, 0.25) is 5.02 Å². The molecule has 0 amide bonds. The molecule has 2 fully saturated rings. The smallest absolute Gasteiger partial charge is 0.0623 e. The molecule has 1 saturated carbocycles. The largest absolute Gasteiger partial charge is 0.379 e. The zero-order valence-electron chi connectivity index (χ0n) is 15.0. The molecule has 0 radical (unpaired) electrons. The highest BCUT2D eigenvalue weighted by molar-refractivity contribution is 6.30. The Bertz CT molecular complexity index is 528. The van der Waals surface area contributed by atoms with Crippen molar-refractivity contribution in [1.82, 2.24) is 10.6 Å². The van der Waals surface area contributed by atoms with Crippen molar-refractivity contribution in [2.45, 2.75) is 51.6 Å². The molecule has 1 saturated heterocycles. The fourth-order valence-corrected chi connectivity index (χ4v) is 4.47. The van der Waals surface area contributed by atoms with Gasteiger partial charge in [-0.3, -0.25) is 0 Å². The summed E-state index contributed by atoms with van der Waals surface area (Å²) >= 11 is 6.13. The van der Waals surface area contributed by atoms with Gasteiger partial charge in [0.25, 0.3) is 0 Å². The molecule has 1 aromatic carbocycles. The highest BCUT2D eigenvalue weighted by atomic mass is 35.5. The Hall–Kier alpha value is -0.610. The summed E-state index contributed by atoms with van der Waals surface area (Å²) in [7, 11) is 0. The lowest BCUT2D eigenvalue weighted by Gasteiger charge is -2.35. The van der Waals surface area contributed by atoms with E-state index in [-0.39, 0.29) is 5.41 Å². The van der Waals surface area contributed by atoms with Gasteiger partial charge in [0.15, 0.2) is 0 Å². The molecular formula is C20H31ClN2O. The van der Waals surface area contributed by atoms with E-state index in [4.69, 9.17) is 16.3 Å².